The van der Waals surface area contributed by atoms with Crippen LogP contribution >= 0.6 is 11.6 Å². The molecule has 0 aromatic rings. The number of unbranched alkanes of at least 4 members (excludes halogenated alkanes) is 1. The van der Waals surface area contributed by atoms with Gasteiger partial charge in [0.25, 0.3) is 0 Å². The van der Waals surface area contributed by atoms with Crippen molar-refractivity contribution in [3.8, 4) is 0 Å². The highest BCUT2D eigenvalue weighted by Gasteiger charge is 2.78. The molecule has 0 aliphatic heterocycles. The first-order valence-corrected chi connectivity index (χ1v) is 24.5. The van der Waals surface area contributed by atoms with E-state index >= 15 is 8.78 Å². The molecule has 0 aromatic carbocycles. The topological polar surface area (TPSA) is 182 Å². The molecule has 0 unspecified atom stereocenters. The van der Waals surface area contributed by atoms with E-state index < -0.39 is 111 Å². The Morgan fingerprint density at radius 2 is 1.58 bits per heavy atom. The molecule has 8 rings (SSSR count). The molecule has 0 bridgehead atoms. The van der Waals surface area contributed by atoms with E-state index in [1.165, 1.54) is 24.6 Å². The molecule has 8 aliphatic carbocycles. The van der Waals surface area contributed by atoms with Crippen LogP contribution in [0.1, 0.15) is 138 Å². The molecule has 0 spiro atoms. The number of ether oxygens (including phenoxy) is 2. The van der Waals surface area contributed by atoms with Crippen LogP contribution in [0.4, 0.5) is 8.78 Å². The Morgan fingerprint density at radius 3 is 2.23 bits per heavy atom. The van der Waals surface area contributed by atoms with Gasteiger partial charge in [-0.05, 0) is 124 Å². The third-order valence-electron chi connectivity index (χ3n) is 18.9. The van der Waals surface area contributed by atoms with Crippen molar-refractivity contribution in [1.29, 1.82) is 0 Å². The molecule has 0 heterocycles. The van der Waals surface area contributed by atoms with Crippen LogP contribution in [0.25, 0.3) is 0 Å². The van der Waals surface area contributed by atoms with Crippen LogP contribution < -0.4 is 0 Å². The molecule has 6 saturated carbocycles. The van der Waals surface area contributed by atoms with Gasteiger partial charge in [-0.3, -0.25) is 28.8 Å². The Hall–Kier alpha value is -3.13. The van der Waals surface area contributed by atoms with Gasteiger partial charge in [0.15, 0.2) is 34.2 Å². The van der Waals surface area contributed by atoms with Crippen molar-refractivity contribution >= 4 is 46.7 Å². The average molecular weight is 932 g/mol. The Balaban J connectivity index is 0.000000194. The van der Waals surface area contributed by atoms with Crippen molar-refractivity contribution in [3.63, 3.8) is 0 Å². The minimum absolute atomic E-state index is 0.0319. The van der Waals surface area contributed by atoms with Gasteiger partial charge in [-0.15, -0.1) is 11.6 Å². The van der Waals surface area contributed by atoms with E-state index in [-0.39, 0.29) is 60.2 Å². The number of esters is 2. The van der Waals surface area contributed by atoms with E-state index in [9.17, 15) is 44.1 Å². The summed E-state index contributed by atoms with van der Waals surface area (Å²) in [5.41, 5.74) is -7.60. The summed E-state index contributed by atoms with van der Waals surface area (Å²) in [6.07, 6.45) is 8.03. The normalized spacial score (nSPS) is 45.8. The fourth-order valence-corrected chi connectivity index (χ4v) is 16.0. The number of ketones is 4. The first-order chi connectivity index (χ1) is 30.5. The highest BCUT2D eigenvalue weighted by molar-refractivity contribution is 6.29. The third-order valence-corrected chi connectivity index (χ3v) is 19.1. The standard InChI is InChI=1S/C26H38O6.C25H31ClF2O5/c1-4-5-6-22(31)32-26(21(30)15-27)12-10-19-18-8-7-16-13-17(28)9-11-24(16,2)23(18)20(29)14-25(19,26)3;1-5-21(32)33-25(20(31)12-26)13(2)8-15-16-10-18(27)17-9-14(29)6-7-22(17,3)24(16,28)19(30)11-23(15,25)4/h13,18-20,23,27,29H,4-12,14-15H2,1-3H3;6-7,9,13,15-16,18-19,30H,5,8,10-12H2,1-4H3/t18-,19-,20-,23+,24-,25-,26-;13-,15-,16-,18-,19-,22-,23-,24-,25-/m00/s1. The number of aliphatic hydroxyl groups excluding tert-OH is 3. The van der Waals surface area contributed by atoms with Gasteiger partial charge in [0.05, 0.1) is 18.1 Å². The Bertz CT molecular complexity index is 2090. The second-order valence-corrected chi connectivity index (χ2v) is 22.0. The Morgan fingerprint density at radius 1 is 0.877 bits per heavy atom. The second-order valence-electron chi connectivity index (χ2n) is 21.7. The van der Waals surface area contributed by atoms with Gasteiger partial charge in [-0.1, -0.05) is 59.6 Å². The molecular formula is C51H69ClF2O11. The molecule has 360 valence electrons. The number of carbonyl (C=O) groups excluding carboxylic acids is 6. The van der Waals surface area contributed by atoms with E-state index in [0.717, 1.165) is 38.2 Å². The van der Waals surface area contributed by atoms with Crippen molar-refractivity contribution in [2.24, 2.45) is 57.2 Å². The molecular weight excluding hydrogens is 862 g/mol. The monoisotopic (exact) mass is 930 g/mol. The second kappa shape index (κ2) is 17.4. The van der Waals surface area contributed by atoms with E-state index in [0.29, 0.717) is 32.1 Å². The lowest BCUT2D eigenvalue weighted by Crippen LogP contribution is -2.71. The fourth-order valence-electron chi connectivity index (χ4n) is 15.8. The molecule has 11 nitrogen and oxygen atoms in total. The van der Waals surface area contributed by atoms with E-state index in [1.807, 2.05) is 19.9 Å². The predicted molar refractivity (Wildman–Crippen MR) is 237 cm³/mol. The lowest BCUT2D eigenvalue weighted by molar-refractivity contribution is -0.230. The summed E-state index contributed by atoms with van der Waals surface area (Å²) < 4.78 is 44.5. The lowest BCUT2D eigenvalue weighted by Gasteiger charge is -2.63. The number of fused-ring (bicyclic) bond motifs is 10. The molecule has 3 N–H and O–H groups in total. The largest absolute Gasteiger partial charge is 0.450 e. The highest BCUT2D eigenvalue weighted by Crippen LogP contribution is 2.72. The van der Waals surface area contributed by atoms with Gasteiger partial charge in [-0.2, -0.15) is 0 Å². The van der Waals surface area contributed by atoms with Crippen LogP contribution in [0, 0.1) is 57.2 Å². The first-order valence-electron chi connectivity index (χ1n) is 24.0. The zero-order valence-corrected chi connectivity index (χ0v) is 39.8. The number of Topliss-reactive ketones (excluding diaryl/α,β-unsaturated/α-hetero) is 2. The quantitative estimate of drug-likeness (QED) is 0.145. The van der Waals surface area contributed by atoms with E-state index in [2.05, 4.69) is 6.92 Å². The highest BCUT2D eigenvalue weighted by atomic mass is 35.5. The van der Waals surface area contributed by atoms with Crippen molar-refractivity contribution in [2.45, 2.75) is 174 Å². The van der Waals surface area contributed by atoms with Crippen LogP contribution in [0.5, 0.6) is 0 Å². The predicted octanol–water partition coefficient (Wildman–Crippen LogP) is 7.57. The SMILES string of the molecule is CCC(=O)O[C@]1(C(=O)CCl)[C@@H](C)C[C@H]2[C@@H]3C[C@H](F)C4=CC(=O)C=C[C@]4(C)[C@@]3(F)[C@@H](O)C[C@@]21C.CCCCC(=O)O[C@]1(C(=O)CO)CC[C@H]2[C@@H]3CCC4=CC(=O)CC[C@]4(C)[C@H]3[C@@H](O)C[C@@]21C. The molecule has 65 heavy (non-hydrogen) atoms. The molecule has 8 aliphatic rings. The summed E-state index contributed by atoms with van der Waals surface area (Å²) in [5.74, 6) is -4.14. The van der Waals surface area contributed by atoms with Gasteiger partial charge >= 0.3 is 11.9 Å². The molecule has 0 saturated heterocycles. The van der Waals surface area contributed by atoms with Crippen molar-refractivity contribution in [3.05, 3.63) is 35.5 Å². The van der Waals surface area contributed by atoms with Gasteiger partial charge in [0.2, 0.25) is 5.78 Å². The zero-order chi connectivity index (χ0) is 47.9. The van der Waals surface area contributed by atoms with Gasteiger partial charge in [0.1, 0.15) is 12.8 Å². The summed E-state index contributed by atoms with van der Waals surface area (Å²) in [6, 6.07) is 0. The number of allylic oxidation sites excluding steroid dienone is 5. The van der Waals surface area contributed by atoms with Crippen LogP contribution in [0.15, 0.2) is 35.5 Å². The Labute approximate surface area is 386 Å². The summed E-state index contributed by atoms with van der Waals surface area (Å²) >= 11 is 5.97. The maximum atomic E-state index is 17.2. The number of carbonyl (C=O) groups is 6. The molecule has 16 atom stereocenters. The number of alkyl halides is 3. The molecule has 0 radical (unpaired) electrons. The van der Waals surface area contributed by atoms with Crippen LogP contribution in [0.3, 0.4) is 0 Å². The van der Waals surface area contributed by atoms with Gasteiger partial charge in [-0.25, -0.2) is 8.78 Å². The van der Waals surface area contributed by atoms with E-state index in [1.54, 1.807) is 20.8 Å². The van der Waals surface area contributed by atoms with E-state index in [4.69, 9.17) is 21.1 Å². The number of hydrogen-bond acceptors (Lipinski definition) is 11. The smallest absolute Gasteiger partial charge is 0.306 e. The van der Waals surface area contributed by atoms with Gasteiger partial charge < -0.3 is 24.8 Å². The summed E-state index contributed by atoms with van der Waals surface area (Å²) in [4.78, 5) is 75.5. The summed E-state index contributed by atoms with van der Waals surface area (Å²) in [7, 11) is 0. The zero-order valence-electron chi connectivity index (χ0n) is 39.1. The molecule has 0 aromatic heterocycles. The number of rotatable bonds is 10. The van der Waals surface area contributed by atoms with Crippen LogP contribution in [0.2, 0.25) is 0 Å². The fraction of sp³-hybridized carbons (Fsp3) is 0.765. The lowest BCUT2D eigenvalue weighted by atomic mass is 9.44. The Kier molecular flexibility index (Phi) is 13.3. The molecule has 14 heteroatoms. The van der Waals surface area contributed by atoms with Crippen molar-refractivity contribution < 1.29 is 62.3 Å². The first kappa shape index (κ1) is 49.8. The maximum absolute atomic E-state index is 17.2. The maximum Gasteiger partial charge on any atom is 0.306 e. The summed E-state index contributed by atoms with van der Waals surface area (Å²) in [5, 5.41) is 32.7. The van der Waals surface area contributed by atoms with Crippen LogP contribution in [-0.4, -0.2) is 98.1 Å². The van der Waals surface area contributed by atoms with Gasteiger partial charge in [0, 0.05) is 47.3 Å². The average Bonchev–Trinajstić information content (AvgIpc) is 3.67. The van der Waals surface area contributed by atoms with Crippen LogP contribution in [-0.2, 0) is 38.2 Å². The number of halogens is 3. The third kappa shape index (κ3) is 7.06. The molecule has 6 fully saturated rings. The van der Waals surface area contributed by atoms with Crippen molar-refractivity contribution in [1.82, 2.24) is 0 Å². The number of hydrogen-bond donors (Lipinski definition) is 3. The summed E-state index contributed by atoms with van der Waals surface area (Å²) in [6.45, 7) is 12.2. The molecule has 0 amide bonds. The number of aliphatic hydroxyl groups is 3. The minimum atomic E-state index is -2.25. The van der Waals surface area contributed by atoms with Crippen molar-refractivity contribution in [2.75, 3.05) is 12.5 Å². The minimum Gasteiger partial charge on any atom is -0.450 e.